The number of aromatic nitrogens is 2. The number of oxazole rings is 1. The van der Waals surface area contributed by atoms with Crippen molar-refractivity contribution in [3.05, 3.63) is 66.5 Å². The van der Waals surface area contributed by atoms with Crippen molar-refractivity contribution in [3.63, 3.8) is 0 Å². The van der Waals surface area contributed by atoms with Crippen LogP contribution >= 0.6 is 0 Å². The number of rotatable bonds is 5. The van der Waals surface area contributed by atoms with Crippen LogP contribution in [-0.4, -0.2) is 30.1 Å². The quantitative estimate of drug-likeness (QED) is 0.564. The monoisotopic (exact) mass is 375 g/mol. The molecule has 2 heterocycles. The fourth-order valence-corrected chi connectivity index (χ4v) is 2.76. The predicted molar refractivity (Wildman–Crippen MR) is 105 cm³/mol. The van der Waals surface area contributed by atoms with Crippen LogP contribution < -0.4 is 14.8 Å². The Morgan fingerprint density at radius 2 is 1.68 bits per heavy atom. The van der Waals surface area contributed by atoms with Gasteiger partial charge in [-0.1, -0.05) is 0 Å². The lowest BCUT2D eigenvalue weighted by molar-refractivity contribution is 0.102. The first-order valence-corrected chi connectivity index (χ1v) is 8.51. The van der Waals surface area contributed by atoms with Crippen molar-refractivity contribution < 1.29 is 18.7 Å². The van der Waals surface area contributed by atoms with Gasteiger partial charge in [0.25, 0.3) is 5.91 Å². The van der Waals surface area contributed by atoms with Gasteiger partial charge in [0.05, 0.1) is 14.2 Å². The van der Waals surface area contributed by atoms with Crippen LogP contribution in [0.1, 0.15) is 10.4 Å². The molecule has 2 aromatic heterocycles. The van der Waals surface area contributed by atoms with Gasteiger partial charge >= 0.3 is 0 Å². The van der Waals surface area contributed by atoms with Crippen LogP contribution in [0.2, 0.25) is 0 Å². The van der Waals surface area contributed by atoms with Crippen molar-refractivity contribution in [1.29, 1.82) is 0 Å². The number of methoxy groups -OCH3 is 2. The zero-order chi connectivity index (χ0) is 19.5. The van der Waals surface area contributed by atoms with Crippen LogP contribution in [0.3, 0.4) is 0 Å². The number of fused-ring (bicyclic) bond motifs is 1. The number of hydrogen-bond donors (Lipinski definition) is 1. The Hall–Kier alpha value is -3.87. The fourth-order valence-electron chi connectivity index (χ4n) is 2.76. The summed E-state index contributed by atoms with van der Waals surface area (Å²) in [4.78, 5) is 21.1. The number of nitrogens with zero attached hydrogens (tertiary/aromatic N) is 2. The van der Waals surface area contributed by atoms with E-state index in [1.54, 1.807) is 48.8 Å². The number of carbonyl (C=O) groups excluding carboxylic acids is 1. The van der Waals surface area contributed by atoms with Gasteiger partial charge in [0.1, 0.15) is 17.0 Å². The molecule has 28 heavy (non-hydrogen) atoms. The third-order valence-electron chi connectivity index (χ3n) is 4.19. The van der Waals surface area contributed by atoms with Crippen LogP contribution in [0, 0.1) is 0 Å². The van der Waals surface area contributed by atoms with Crippen molar-refractivity contribution in [2.45, 2.75) is 0 Å². The fraction of sp³-hybridized carbons (Fsp3) is 0.0952. The Labute approximate surface area is 160 Å². The van der Waals surface area contributed by atoms with Gasteiger partial charge < -0.3 is 19.2 Å². The van der Waals surface area contributed by atoms with Crippen molar-refractivity contribution in [3.8, 4) is 23.0 Å². The van der Waals surface area contributed by atoms with E-state index >= 15 is 0 Å². The molecule has 0 radical (unpaired) electrons. The Kier molecular flexibility index (Phi) is 4.63. The average molecular weight is 375 g/mol. The van der Waals surface area contributed by atoms with Crippen LogP contribution in [0.4, 0.5) is 5.69 Å². The lowest BCUT2D eigenvalue weighted by Crippen LogP contribution is -2.12. The molecule has 1 N–H and O–H groups in total. The van der Waals surface area contributed by atoms with E-state index in [4.69, 9.17) is 13.9 Å². The van der Waals surface area contributed by atoms with E-state index in [1.807, 2.05) is 12.1 Å². The van der Waals surface area contributed by atoms with E-state index in [9.17, 15) is 4.79 Å². The summed E-state index contributed by atoms with van der Waals surface area (Å²) >= 11 is 0. The number of pyridine rings is 1. The number of amides is 1. The first-order chi connectivity index (χ1) is 13.7. The number of carbonyl (C=O) groups is 1. The molecule has 0 spiro atoms. The summed E-state index contributed by atoms with van der Waals surface area (Å²) in [6.07, 6.45) is 3.36. The molecular weight excluding hydrogens is 358 g/mol. The van der Waals surface area contributed by atoms with Gasteiger partial charge in [-0.25, -0.2) is 4.98 Å². The largest absolute Gasteiger partial charge is 0.497 e. The third-order valence-corrected chi connectivity index (χ3v) is 4.19. The zero-order valence-electron chi connectivity index (χ0n) is 15.3. The molecule has 0 bridgehead atoms. The second-order valence-electron chi connectivity index (χ2n) is 5.99. The summed E-state index contributed by atoms with van der Waals surface area (Å²) < 4.78 is 16.2. The highest BCUT2D eigenvalue weighted by molar-refractivity contribution is 6.05. The van der Waals surface area contributed by atoms with Gasteiger partial charge in [-0.3, -0.25) is 9.78 Å². The highest BCUT2D eigenvalue weighted by Gasteiger charge is 2.13. The SMILES string of the molecule is COc1cc(OC)cc(C(=O)Nc2ccc3nc(-c4ccncc4)oc3c2)c1. The highest BCUT2D eigenvalue weighted by Crippen LogP contribution is 2.27. The molecular formula is C21H17N3O4. The molecule has 1 amide bonds. The number of ether oxygens (including phenoxy) is 2. The van der Waals surface area contributed by atoms with Crippen LogP contribution in [0.5, 0.6) is 11.5 Å². The van der Waals surface area contributed by atoms with E-state index in [2.05, 4.69) is 15.3 Å². The van der Waals surface area contributed by atoms with Gasteiger partial charge in [0, 0.05) is 41.3 Å². The van der Waals surface area contributed by atoms with E-state index in [0.29, 0.717) is 39.7 Å². The summed E-state index contributed by atoms with van der Waals surface area (Å²) in [5.74, 6) is 1.29. The summed E-state index contributed by atoms with van der Waals surface area (Å²) in [5.41, 5.74) is 3.13. The molecule has 0 atom stereocenters. The van der Waals surface area contributed by atoms with Crippen LogP contribution in [-0.2, 0) is 0 Å². The van der Waals surface area contributed by atoms with Gasteiger partial charge in [0.2, 0.25) is 5.89 Å². The molecule has 0 saturated heterocycles. The minimum atomic E-state index is -0.287. The molecule has 0 unspecified atom stereocenters. The third kappa shape index (κ3) is 3.50. The Morgan fingerprint density at radius 3 is 2.36 bits per heavy atom. The molecule has 0 fully saturated rings. The minimum absolute atomic E-state index is 0.287. The summed E-state index contributed by atoms with van der Waals surface area (Å²) in [6.45, 7) is 0. The molecule has 7 nitrogen and oxygen atoms in total. The van der Waals surface area contributed by atoms with E-state index in [0.717, 1.165) is 5.56 Å². The van der Waals surface area contributed by atoms with Crippen LogP contribution in [0.25, 0.3) is 22.6 Å². The molecule has 4 aromatic rings. The second-order valence-corrected chi connectivity index (χ2v) is 5.99. The Bertz CT molecular complexity index is 1120. The predicted octanol–water partition coefficient (Wildman–Crippen LogP) is 4.16. The number of hydrogen-bond acceptors (Lipinski definition) is 6. The van der Waals surface area contributed by atoms with Crippen LogP contribution in [0.15, 0.2) is 65.3 Å². The standard InChI is InChI=1S/C21H17N3O4/c1-26-16-9-14(10-17(12-16)27-2)20(25)23-15-3-4-18-19(11-15)28-21(24-18)13-5-7-22-8-6-13/h3-12H,1-2H3,(H,23,25). The Balaban J connectivity index is 1.60. The molecule has 0 saturated carbocycles. The lowest BCUT2D eigenvalue weighted by atomic mass is 10.1. The van der Waals surface area contributed by atoms with Gasteiger partial charge in [0.15, 0.2) is 5.58 Å². The number of benzene rings is 2. The topological polar surface area (TPSA) is 86.5 Å². The Morgan fingerprint density at radius 1 is 0.964 bits per heavy atom. The minimum Gasteiger partial charge on any atom is -0.497 e. The maximum atomic E-state index is 12.6. The van der Waals surface area contributed by atoms with Crippen molar-refractivity contribution in [1.82, 2.24) is 9.97 Å². The molecule has 0 aliphatic heterocycles. The number of nitrogens with one attached hydrogen (secondary N) is 1. The van der Waals surface area contributed by atoms with Gasteiger partial charge in [-0.2, -0.15) is 0 Å². The lowest BCUT2D eigenvalue weighted by Gasteiger charge is -2.09. The van der Waals surface area contributed by atoms with Crippen molar-refractivity contribution in [2.24, 2.45) is 0 Å². The smallest absolute Gasteiger partial charge is 0.255 e. The molecule has 140 valence electrons. The van der Waals surface area contributed by atoms with E-state index in [-0.39, 0.29) is 5.91 Å². The highest BCUT2D eigenvalue weighted by atomic mass is 16.5. The van der Waals surface area contributed by atoms with E-state index in [1.165, 1.54) is 14.2 Å². The first kappa shape index (κ1) is 17.5. The summed E-state index contributed by atoms with van der Waals surface area (Å²) in [6, 6.07) is 14.0. The molecule has 4 rings (SSSR count). The first-order valence-electron chi connectivity index (χ1n) is 8.51. The number of anilines is 1. The average Bonchev–Trinajstić information content (AvgIpc) is 3.17. The molecule has 0 aliphatic rings. The zero-order valence-corrected chi connectivity index (χ0v) is 15.3. The normalized spacial score (nSPS) is 10.6. The summed E-state index contributed by atoms with van der Waals surface area (Å²) in [5, 5.41) is 2.85. The maximum Gasteiger partial charge on any atom is 0.255 e. The molecule has 7 heteroatoms. The van der Waals surface area contributed by atoms with E-state index < -0.39 is 0 Å². The van der Waals surface area contributed by atoms with Crippen molar-refractivity contribution in [2.75, 3.05) is 19.5 Å². The maximum absolute atomic E-state index is 12.6. The molecule has 2 aromatic carbocycles. The summed E-state index contributed by atoms with van der Waals surface area (Å²) in [7, 11) is 3.07. The van der Waals surface area contributed by atoms with Gasteiger partial charge in [-0.05, 0) is 36.4 Å². The van der Waals surface area contributed by atoms with Gasteiger partial charge in [-0.15, -0.1) is 0 Å². The van der Waals surface area contributed by atoms with Crippen molar-refractivity contribution >= 4 is 22.7 Å². The molecule has 0 aliphatic carbocycles. The second kappa shape index (κ2) is 7.40.